The van der Waals surface area contributed by atoms with Gasteiger partial charge in [-0.2, -0.15) is 0 Å². The molecule has 2 aliphatic rings. The van der Waals surface area contributed by atoms with Crippen LogP contribution in [0.2, 0.25) is 0 Å². The third-order valence-electron chi connectivity index (χ3n) is 8.28. The SMILES string of the molecule is Cc1ccc(C2(O)[C@H](C)CN(C(=O)[C@@H]3CN(C(C)(C)C)C[C@H]3c3cccc(F)c3F)C[C@@H]2C)cc1. The number of amides is 1. The number of aryl methyl sites for hydroxylation is 1. The lowest BCUT2D eigenvalue weighted by Gasteiger charge is -2.48. The second-order valence-corrected chi connectivity index (χ2v) is 11.7. The fraction of sp³-hybridized carbons (Fsp3) is 0.552. The maximum absolute atomic E-state index is 14.8. The molecule has 1 N–H and O–H groups in total. The minimum Gasteiger partial charge on any atom is -0.384 e. The molecule has 1 unspecified atom stereocenters. The first-order valence-electron chi connectivity index (χ1n) is 12.6. The summed E-state index contributed by atoms with van der Waals surface area (Å²) in [6.07, 6.45) is 0. The van der Waals surface area contributed by atoms with Crippen LogP contribution in [-0.2, 0) is 10.4 Å². The van der Waals surface area contributed by atoms with Gasteiger partial charge in [-0.1, -0.05) is 55.8 Å². The second-order valence-electron chi connectivity index (χ2n) is 11.7. The molecule has 4 nitrogen and oxygen atoms in total. The van der Waals surface area contributed by atoms with E-state index in [0.29, 0.717) is 26.2 Å². The lowest BCUT2D eigenvalue weighted by molar-refractivity contribution is -0.152. The van der Waals surface area contributed by atoms with Crippen molar-refractivity contribution >= 4 is 5.91 Å². The smallest absolute Gasteiger partial charge is 0.227 e. The lowest BCUT2D eigenvalue weighted by Crippen LogP contribution is -2.57. The van der Waals surface area contributed by atoms with Gasteiger partial charge in [0.1, 0.15) is 0 Å². The first-order chi connectivity index (χ1) is 16.3. The van der Waals surface area contributed by atoms with E-state index in [1.165, 1.54) is 6.07 Å². The fourth-order valence-electron chi connectivity index (χ4n) is 6.03. The molecule has 1 amide bonds. The van der Waals surface area contributed by atoms with E-state index >= 15 is 0 Å². The Hall–Kier alpha value is -2.31. The Kier molecular flexibility index (Phi) is 6.84. The molecule has 0 aromatic heterocycles. The summed E-state index contributed by atoms with van der Waals surface area (Å²) < 4.78 is 29.0. The van der Waals surface area contributed by atoms with Crippen molar-refractivity contribution in [1.29, 1.82) is 0 Å². The minimum absolute atomic E-state index is 0.0462. The van der Waals surface area contributed by atoms with Gasteiger partial charge < -0.3 is 10.0 Å². The van der Waals surface area contributed by atoms with Gasteiger partial charge in [-0.3, -0.25) is 9.69 Å². The molecule has 35 heavy (non-hydrogen) atoms. The van der Waals surface area contributed by atoms with Crippen LogP contribution in [-0.4, -0.2) is 52.5 Å². The average molecular weight is 485 g/mol. The molecule has 2 fully saturated rings. The molecule has 5 atom stereocenters. The van der Waals surface area contributed by atoms with E-state index in [-0.39, 0.29) is 28.8 Å². The summed E-state index contributed by atoms with van der Waals surface area (Å²) in [6.45, 7) is 14.0. The molecular formula is C29H38F2N2O2. The molecule has 2 aromatic carbocycles. The highest BCUT2D eigenvalue weighted by molar-refractivity contribution is 5.81. The van der Waals surface area contributed by atoms with Gasteiger partial charge in [0.25, 0.3) is 0 Å². The van der Waals surface area contributed by atoms with Crippen LogP contribution < -0.4 is 0 Å². The molecular weight excluding hydrogens is 446 g/mol. The summed E-state index contributed by atoms with van der Waals surface area (Å²) in [5, 5.41) is 11.7. The topological polar surface area (TPSA) is 43.8 Å². The summed E-state index contributed by atoms with van der Waals surface area (Å²) >= 11 is 0. The van der Waals surface area contributed by atoms with Crippen LogP contribution in [0, 0.1) is 36.3 Å². The van der Waals surface area contributed by atoms with Gasteiger partial charge in [-0.25, -0.2) is 8.78 Å². The first-order valence-corrected chi connectivity index (χ1v) is 12.6. The van der Waals surface area contributed by atoms with Gasteiger partial charge in [0.15, 0.2) is 11.6 Å². The van der Waals surface area contributed by atoms with Gasteiger partial charge in [0.05, 0.1) is 11.5 Å². The fourth-order valence-corrected chi connectivity index (χ4v) is 6.03. The van der Waals surface area contributed by atoms with Gasteiger partial charge in [0, 0.05) is 49.5 Å². The molecule has 2 aromatic rings. The molecule has 0 aliphatic carbocycles. The Morgan fingerprint density at radius 2 is 1.57 bits per heavy atom. The number of benzene rings is 2. The van der Waals surface area contributed by atoms with Gasteiger partial charge >= 0.3 is 0 Å². The number of likely N-dealkylation sites (tertiary alicyclic amines) is 2. The van der Waals surface area contributed by atoms with Crippen molar-refractivity contribution in [3.8, 4) is 0 Å². The molecule has 0 spiro atoms. The Morgan fingerprint density at radius 3 is 2.14 bits per heavy atom. The van der Waals surface area contributed by atoms with E-state index in [1.807, 2.05) is 49.9 Å². The largest absolute Gasteiger partial charge is 0.384 e. The van der Waals surface area contributed by atoms with E-state index in [0.717, 1.165) is 17.2 Å². The van der Waals surface area contributed by atoms with E-state index < -0.39 is 29.1 Å². The summed E-state index contributed by atoms with van der Waals surface area (Å²) in [5.74, 6) is -3.05. The molecule has 2 heterocycles. The van der Waals surface area contributed by atoms with Crippen molar-refractivity contribution in [3.63, 3.8) is 0 Å². The number of nitrogens with zero attached hydrogens (tertiary/aromatic N) is 2. The molecule has 2 saturated heterocycles. The van der Waals surface area contributed by atoms with Crippen LogP contribution in [0.3, 0.4) is 0 Å². The van der Waals surface area contributed by atoms with Crippen LogP contribution in [0.1, 0.15) is 57.2 Å². The summed E-state index contributed by atoms with van der Waals surface area (Å²) in [6, 6.07) is 12.2. The van der Waals surface area contributed by atoms with E-state index in [2.05, 4.69) is 25.7 Å². The van der Waals surface area contributed by atoms with E-state index in [4.69, 9.17) is 0 Å². The van der Waals surface area contributed by atoms with Crippen LogP contribution in [0.5, 0.6) is 0 Å². The quantitative estimate of drug-likeness (QED) is 0.660. The highest BCUT2D eigenvalue weighted by Crippen LogP contribution is 2.44. The number of halogens is 2. The molecule has 0 saturated carbocycles. The number of hydrogen-bond donors (Lipinski definition) is 1. The zero-order valence-corrected chi connectivity index (χ0v) is 21.7. The standard InChI is InChI=1S/C29H38F2N2O2/c1-18-10-12-21(13-11-18)29(35)19(2)14-32(15-20(29)3)27(34)24-17-33(28(4,5)6)16-23(24)22-8-7-9-25(30)26(22)31/h7-13,19-20,23-24,35H,14-17H2,1-6H3/t19-,20+,23-,24+,29?/m0/s1. The molecule has 2 aliphatic heterocycles. The van der Waals surface area contributed by atoms with Crippen molar-refractivity contribution in [2.24, 2.45) is 17.8 Å². The van der Waals surface area contributed by atoms with E-state index in [1.54, 1.807) is 6.07 Å². The maximum Gasteiger partial charge on any atom is 0.227 e. The molecule has 6 heteroatoms. The third-order valence-corrected chi connectivity index (χ3v) is 8.28. The van der Waals surface area contributed by atoms with Crippen LogP contribution in [0.15, 0.2) is 42.5 Å². The number of carbonyl (C=O) groups excluding carboxylic acids is 1. The first kappa shape index (κ1) is 25.8. The minimum atomic E-state index is -1.04. The normalized spacial score (nSPS) is 30.0. The predicted octanol–water partition coefficient (Wildman–Crippen LogP) is 5.09. The molecule has 4 rings (SSSR count). The highest BCUT2D eigenvalue weighted by Gasteiger charge is 2.50. The maximum atomic E-state index is 14.8. The summed E-state index contributed by atoms with van der Waals surface area (Å²) in [7, 11) is 0. The van der Waals surface area contributed by atoms with Crippen LogP contribution >= 0.6 is 0 Å². The van der Waals surface area contributed by atoms with Crippen LogP contribution in [0.4, 0.5) is 8.78 Å². The van der Waals surface area contributed by atoms with Crippen molar-refractivity contribution in [3.05, 3.63) is 70.8 Å². The number of hydrogen-bond acceptors (Lipinski definition) is 3. The predicted molar refractivity (Wildman–Crippen MR) is 134 cm³/mol. The van der Waals surface area contributed by atoms with Crippen molar-refractivity contribution < 1.29 is 18.7 Å². The zero-order chi connectivity index (χ0) is 25.7. The monoisotopic (exact) mass is 484 g/mol. The molecule has 0 radical (unpaired) electrons. The Balaban J connectivity index is 1.61. The number of carbonyl (C=O) groups is 1. The number of piperidine rings is 1. The van der Waals surface area contributed by atoms with E-state index in [9.17, 15) is 18.7 Å². The molecule has 190 valence electrons. The van der Waals surface area contributed by atoms with Gasteiger partial charge in [0.2, 0.25) is 5.91 Å². The summed E-state index contributed by atoms with van der Waals surface area (Å²) in [5.41, 5.74) is 1.03. The number of aliphatic hydroxyl groups is 1. The Labute approximate surface area is 207 Å². The highest BCUT2D eigenvalue weighted by atomic mass is 19.2. The van der Waals surface area contributed by atoms with Crippen LogP contribution in [0.25, 0.3) is 0 Å². The van der Waals surface area contributed by atoms with Crippen molar-refractivity contribution in [1.82, 2.24) is 9.80 Å². The molecule has 0 bridgehead atoms. The average Bonchev–Trinajstić information content (AvgIpc) is 3.24. The Bertz CT molecular complexity index is 1070. The van der Waals surface area contributed by atoms with Crippen molar-refractivity contribution in [2.75, 3.05) is 26.2 Å². The Morgan fingerprint density at radius 1 is 0.971 bits per heavy atom. The third kappa shape index (κ3) is 4.63. The summed E-state index contributed by atoms with van der Waals surface area (Å²) in [4.78, 5) is 18.0. The van der Waals surface area contributed by atoms with Gasteiger partial charge in [-0.15, -0.1) is 0 Å². The lowest BCUT2D eigenvalue weighted by atomic mass is 9.70. The second kappa shape index (κ2) is 9.29. The number of rotatable bonds is 3. The van der Waals surface area contributed by atoms with Gasteiger partial charge in [-0.05, 0) is 44.9 Å². The zero-order valence-electron chi connectivity index (χ0n) is 21.7. The van der Waals surface area contributed by atoms with Crippen molar-refractivity contribution in [2.45, 2.75) is 58.6 Å².